The van der Waals surface area contributed by atoms with E-state index in [2.05, 4.69) is 17.3 Å². The van der Waals surface area contributed by atoms with Crippen molar-refractivity contribution < 1.29 is 4.79 Å². The molecule has 1 atom stereocenters. The molecule has 1 aliphatic heterocycles. The summed E-state index contributed by atoms with van der Waals surface area (Å²) in [5.41, 5.74) is 1.56. The van der Waals surface area contributed by atoms with Gasteiger partial charge >= 0.3 is 0 Å². The highest BCUT2D eigenvalue weighted by molar-refractivity contribution is 5.93. The molecule has 1 aromatic rings. The van der Waals surface area contributed by atoms with Crippen molar-refractivity contribution in [2.24, 2.45) is 7.05 Å². The average molecular weight is 259 g/mol. The molecule has 2 rings (SSSR count). The number of nitrogens with zero attached hydrogens (tertiary/aromatic N) is 3. The Bertz CT molecular complexity index is 404. The number of rotatable bonds is 1. The topological polar surface area (TPSA) is 50.2 Å². The molecule has 1 aromatic heterocycles. The Morgan fingerprint density at radius 2 is 2.29 bits per heavy atom. The quantitative estimate of drug-likeness (QED) is 0.802. The fourth-order valence-electron chi connectivity index (χ4n) is 2.10. The first-order valence-electron chi connectivity index (χ1n) is 5.62. The predicted molar refractivity (Wildman–Crippen MR) is 68.6 cm³/mol. The first kappa shape index (κ1) is 14.0. The summed E-state index contributed by atoms with van der Waals surface area (Å²) in [5, 5.41) is 7.48. The number of amides is 1. The van der Waals surface area contributed by atoms with Gasteiger partial charge in [-0.25, -0.2) is 0 Å². The molecule has 1 aliphatic rings. The van der Waals surface area contributed by atoms with Crippen molar-refractivity contribution in [1.29, 1.82) is 0 Å². The molecule has 0 spiro atoms. The Hall–Kier alpha value is -1.07. The second-order valence-electron chi connectivity index (χ2n) is 4.35. The number of halogens is 1. The lowest BCUT2D eigenvalue weighted by Crippen LogP contribution is -2.52. The molecule has 96 valence electrons. The van der Waals surface area contributed by atoms with Gasteiger partial charge in [0.15, 0.2) is 0 Å². The number of aryl methyl sites for hydroxylation is 2. The Kier molecular flexibility index (Phi) is 4.54. The van der Waals surface area contributed by atoms with Gasteiger partial charge in [-0.2, -0.15) is 5.10 Å². The predicted octanol–water partition coefficient (Wildman–Crippen LogP) is 0.584. The highest BCUT2D eigenvalue weighted by Crippen LogP contribution is 2.10. The minimum absolute atomic E-state index is 0. The van der Waals surface area contributed by atoms with Crippen LogP contribution in [0, 0.1) is 6.92 Å². The Balaban J connectivity index is 0.00000144. The first-order valence-corrected chi connectivity index (χ1v) is 5.62. The van der Waals surface area contributed by atoms with Gasteiger partial charge in [-0.3, -0.25) is 9.48 Å². The van der Waals surface area contributed by atoms with Crippen LogP contribution in [0.1, 0.15) is 23.1 Å². The summed E-state index contributed by atoms with van der Waals surface area (Å²) in [6.45, 7) is 6.46. The molecular formula is C11H19ClN4O. The van der Waals surface area contributed by atoms with Gasteiger partial charge in [0.05, 0.1) is 5.69 Å². The molecule has 0 saturated carbocycles. The highest BCUT2D eigenvalue weighted by Gasteiger charge is 2.25. The molecule has 17 heavy (non-hydrogen) atoms. The van der Waals surface area contributed by atoms with Gasteiger partial charge in [0, 0.05) is 32.7 Å². The van der Waals surface area contributed by atoms with Gasteiger partial charge in [-0.05, 0) is 19.9 Å². The van der Waals surface area contributed by atoms with Gasteiger partial charge in [0.25, 0.3) is 5.91 Å². The SMILES string of the molecule is Cc1cc(C(=O)N2CCNC[C@@H]2C)n(C)n1.Cl. The summed E-state index contributed by atoms with van der Waals surface area (Å²) < 4.78 is 1.66. The van der Waals surface area contributed by atoms with E-state index in [1.54, 1.807) is 4.68 Å². The summed E-state index contributed by atoms with van der Waals surface area (Å²) >= 11 is 0. The van der Waals surface area contributed by atoms with Gasteiger partial charge < -0.3 is 10.2 Å². The number of aromatic nitrogens is 2. The largest absolute Gasteiger partial charge is 0.332 e. The molecule has 0 unspecified atom stereocenters. The van der Waals surface area contributed by atoms with E-state index in [1.165, 1.54) is 0 Å². The lowest BCUT2D eigenvalue weighted by Gasteiger charge is -2.33. The zero-order valence-corrected chi connectivity index (χ0v) is 11.3. The highest BCUT2D eigenvalue weighted by atomic mass is 35.5. The van der Waals surface area contributed by atoms with Crippen LogP contribution in [0.2, 0.25) is 0 Å². The van der Waals surface area contributed by atoms with Crippen LogP contribution in [0.5, 0.6) is 0 Å². The molecule has 0 aromatic carbocycles. The minimum Gasteiger partial charge on any atom is -0.332 e. The molecule has 0 radical (unpaired) electrons. The van der Waals surface area contributed by atoms with Crippen LogP contribution in [0.15, 0.2) is 6.07 Å². The van der Waals surface area contributed by atoms with E-state index in [1.807, 2.05) is 24.9 Å². The van der Waals surface area contributed by atoms with Crippen molar-refractivity contribution >= 4 is 18.3 Å². The smallest absolute Gasteiger partial charge is 0.272 e. The summed E-state index contributed by atoms with van der Waals surface area (Å²) in [4.78, 5) is 14.2. The molecule has 1 N–H and O–H groups in total. The van der Waals surface area contributed by atoms with Crippen LogP contribution in [-0.2, 0) is 7.05 Å². The molecule has 2 heterocycles. The van der Waals surface area contributed by atoms with E-state index in [0.29, 0.717) is 5.69 Å². The van der Waals surface area contributed by atoms with Gasteiger partial charge in [0.2, 0.25) is 0 Å². The van der Waals surface area contributed by atoms with E-state index in [0.717, 1.165) is 25.3 Å². The summed E-state index contributed by atoms with van der Waals surface area (Å²) in [6, 6.07) is 2.09. The maximum Gasteiger partial charge on any atom is 0.272 e. The second kappa shape index (κ2) is 5.51. The molecule has 6 heteroatoms. The molecule has 5 nitrogen and oxygen atoms in total. The summed E-state index contributed by atoms with van der Waals surface area (Å²) in [6.07, 6.45) is 0. The number of hydrogen-bond acceptors (Lipinski definition) is 3. The van der Waals surface area contributed by atoms with Crippen LogP contribution >= 0.6 is 12.4 Å². The van der Waals surface area contributed by atoms with Crippen LogP contribution in [-0.4, -0.2) is 46.3 Å². The lowest BCUT2D eigenvalue weighted by atomic mass is 10.2. The van der Waals surface area contributed by atoms with E-state index in [-0.39, 0.29) is 24.4 Å². The number of piperazine rings is 1. The molecule has 1 fully saturated rings. The fourth-order valence-corrected chi connectivity index (χ4v) is 2.10. The van der Waals surface area contributed by atoms with Crippen molar-refractivity contribution in [1.82, 2.24) is 20.0 Å². The monoisotopic (exact) mass is 258 g/mol. The summed E-state index contributed by atoms with van der Waals surface area (Å²) in [7, 11) is 1.81. The van der Waals surface area contributed by atoms with Crippen LogP contribution in [0.25, 0.3) is 0 Å². The Labute approximate surface area is 108 Å². The van der Waals surface area contributed by atoms with E-state index < -0.39 is 0 Å². The number of nitrogens with one attached hydrogen (secondary N) is 1. The molecule has 1 saturated heterocycles. The molecule has 0 aliphatic carbocycles. The number of carbonyl (C=O) groups excluding carboxylic acids is 1. The Morgan fingerprint density at radius 1 is 1.59 bits per heavy atom. The van der Waals surface area contributed by atoms with Crippen LogP contribution in [0.3, 0.4) is 0 Å². The summed E-state index contributed by atoms with van der Waals surface area (Å²) in [5.74, 6) is 0.0806. The maximum absolute atomic E-state index is 12.3. The maximum atomic E-state index is 12.3. The van der Waals surface area contributed by atoms with Crippen LogP contribution in [0.4, 0.5) is 0 Å². The van der Waals surface area contributed by atoms with Gasteiger partial charge in [-0.1, -0.05) is 0 Å². The van der Waals surface area contributed by atoms with Crippen molar-refractivity contribution in [2.45, 2.75) is 19.9 Å². The minimum atomic E-state index is 0. The third kappa shape index (κ3) is 2.79. The zero-order valence-electron chi connectivity index (χ0n) is 10.4. The van der Waals surface area contributed by atoms with Crippen LogP contribution < -0.4 is 5.32 Å². The van der Waals surface area contributed by atoms with Gasteiger partial charge in [-0.15, -0.1) is 12.4 Å². The van der Waals surface area contributed by atoms with Crippen molar-refractivity contribution in [3.63, 3.8) is 0 Å². The number of hydrogen-bond donors (Lipinski definition) is 1. The Morgan fingerprint density at radius 3 is 2.82 bits per heavy atom. The van der Waals surface area contributed by atoms with Crippen molar-refractivity contribution in [2.75, 3.05) is 19.6 Å². The van der Waals surface area contributed by atoms with Gasteiger partial charge in [0.1, 0.15) is 5.69 Å². The second-order valence-corrected chi connectivity index (χ2v) is 4.35. The molecule has 0 bridgehead atoms. The van der Waals surface area contributed by atoms with Crippen molar-refractivity contribution in [3.05, 3.63) is 17.5 Å². The van der Waals surface area contributed by atoms with Crippen molar-refractivity contribution in [3.8, 4) is 0 Å². The number of carbonyl (C=O) groups is 1. The normalized spacial score (nSPS) is 19.9. The lowest BCUT2D eigenvalue weighted by molar-refractivity contribution is 0.0644. The zero-order chi connectivity index (χ0) is 11.7. The third-order valence-corrected chi connectivity index (χ3v) is 2.98. The fraction of sp³-hybridized carbons (Fsp3) is 0.636. The average Bonchev–Trinajstić information content (AvgIpc) is 2.58. The standard InChI is InChI=1S/C11H18N4O.ClH/c1-8-6-10(14(3)13-8)11(16)15-5-4-12-7-9(15)2;/h6,9,12H,4-5,7H2,1-3H3;1H/t9-;/m0./s1. The molecule has 1 amide bonds. The third-order valence-electron chi connectivity index (χ3n) is 2.98. The first-order chi connectivity index (χ1) is 7.59. The van der Waals surface area contributed by atoms with E-state index in [4.69, 9.17) is 0 Å². The van der Waals surface area contributed by atoms with E-state index >= 15 is 0 Å². The molecular weight excluding hydrogens is 240 g/mol. The van der Waals surface area contributed by atoms with E-state index in [9.17, 15) is 4.79 Å².